The predicted molar refractivity (Wildman–Crippen MR) is 125 cm³/mol. The molecular weight excluding hydrogens is 411 g/mol. The van der Waals surface area contributed by atoms with E-state index in [0.29, 0.717) is 23.7 Å². The quantitative estimate of drug-likeness (QED) is 0.382. The van der Waals surface area contributed by atoms with Crippen LogP contribution < -0.4 is 5.46 Å². The van der Waals surface area contributed by atoms with Gasteiger partial charge in [0.25, 0.3) is 0 Å². The molecule has 1 aliphatic heterocycles. The third-order valence-corrected chi connectivity index (χ3v) is 6.12. The van der Waals surface area contributed by atoms with Gasteiger partial charge in [-0.15, -0.1) is 0 Å². The maximum atomic E-state index is 6.98. The summed E-state index contributed by atoms with van der Waals surface area (Å²) >= 11 is 3.55. The molecule has 0 aromatic heterocycles. The summed E-state index contributed by atoms with van der Waals surface area (Å²) in [6.07, 6.45) is 4.16. The van der Waals surface area contributed by atoms with Crippen LogP contribution in [0.25, 0.3) is 0 Å². The molecule has 1 heterocycles. The third kappa shape index (κ3) is 5.64. The Bertz CT molecular complexity index is 558. The van der Waals surface area contributed by atoms with Gasteiger partial charge in [-0.2, -0.15) is 0 Å². The van der Waals surface area contributed by atoms with Crippen molar-refractivity contribution in [3.05, 3.63) is 28.7 Å². The van der Waals surface area contributed by atoms with Crippen LogP contribution in [0.5, 0.6) is 0 Å². The van der Waals surface area contributed by atoms with E-state index in [0.717, 1.165) is 35.6 Å². The van der Waals surface area contributed by atoms with Crippen LogP contribution in [0.2, 0.25) is 0 Å². The minimum atomic E-state index is -0.289. The summed E-state index contributed by atoms with van der Waals surface area (Å²) in [6, 6.07) is 8.43. The molecule has 0 spiro atoms. The van der Waals surface area contributed by atoms with Crippen molar-refractivity contribution in [2.45, 2.75) is 92.3 Å². The molecule has 158 valence electrons. The number of hydrogen-bond donors (Lipinski definition) is 0. The molecule has 1 fully saturated rings. The lowest BCUT2D eigenvalue weighted by Gasteiger charge is -2.48. The van der Waals surface area contributed by atoms with Crippen LogP contribution in [0.1, 0.15) is 81.1 Å². The summed E-state index contributed by atoms with van der Waals surface area (Å²) in [5.74, 6) is 2.24. The second-order valence-corrected chi connectivity index (χ2v) is 11.4. The summed E-state index contributed by atoms with van der Waals surface area (Å²) in [7, 11) is -0.289. The zero-order valence-electron chi connectivity index (χ0n) is 19.2. The standard InChI is InChI=1S/C24H40BBrO2/c1-17(2)13-23(14-18(3)4)24(15-19(5)6,16-20(7)8)28-25(27-23)21-9-11-22(26)12-10-21/h9-12,17-20H,13-16H2,1-8H3. The van der Waals surface area contributed by atoms with E-state index in [9.17, 15) is 0 Å². The Hall–Kier alpha value is -0.315. The van der Waals surface area contributed by atoms with Gasteiger partial charge in [-0.25, -0.2) is 0 Å². The normalized spacial score (nSPS) is 18.8. The van der Waals surface area contributed by atoms with Crippen LogP contribution in [0, 0.1) is 23.7 Å². The van der Waals surface area contributed by atoms with E-state index in [1.807, 2.05) is 0 Å². The first-order valence-corrected chi connectivity index (χ1v) is 11.9. The van der Waals surface area contributed by atoms with Gasteiger partial charge in [-0.1, -0.05) is 83.5 Å². The van der Waals surface area contributed by atoms with Gasteiger partial charge < -0.3 is 9.31 Å². The molecule has 1 aromatic carbocycles. The number of benzene rings is 1. The van der Waals surface area contributed by atoms with Crippen LogP contribution in [-0.2, 0) is 9.31 Å². The van der Waals surface area contributed by atoms with Crippen molar-refractivity contribution in [3.63, 3.8) is 0 Å². The van der Waals surface area contributed by atoms with Gasteiger partial charge in [-0.3, -0.25) is 0 Å². The lowest BCUT2D eigenvalue weighted by atomic mass is 9.66. The zero-order valence-corrected chi connectivity index (χ0v) is 20.8. The average Bonchev–Trinajstić information content (AvgIpc) is 2.78. The van der Waals surface area contributed by atoms with Crippen molar-refractivity contribution in [1.82, 2.24) is 0 Å². The number of rotatable bonds is 9. The van der Waals surface area contributed by atoms with Gasteiger partial charge in [0.15, 0.2) is 0 Å². The summed E-state index contributed by atoms with van der Waals surface area (Å²) in [5, 5.41) is 0. The minimum Gasteiger partial charge on any atom is -0.399 e. The van der Waals surface area contributed by atoms with Crippen molar-refractivity contribution in [3.8, 4) is 0 Å². The molecule has 0 atom stereocenters. The summed E-state index contributed by atoms with van der Waals surface area (Å²) in [5.41, 5.74) is 0.623. The maximum Gasteiger partial charge on any atom is 0.494 e. The molecule has 0 bridgehead atoms. The van der Waals surface area contributed by atoms with Gasteiger partial charge in [-0.05, 0) is 67.0 Å². The largest absolute Gasteiger partial charge is 0.494 e. The second kappa shape index (κ2) is 9.66. The summed E-state index contributed by atoms with van der Waals surface area (Å²) < 4.78 is 15.0. The first kappa shape index (κ1) is 24.0. The van der Waals surface area contributed by atoms with Crippen LogP contribution in [0.3, 0.4) is 0 Å². The monoisotopic (exact) mass is 450 g/mol. The van der Waals surface area contributed by atoms with Gasteiger partial charge in [0.1, 0.15) is 0 Å². The van der Waals surface area contributed by atoms with Crippen LogP contribution in [0.4, 0.5) is 0 Å². The smallest absolute Gasteiger partial charge is 0.399 e. The van der Waals surface area contributed by atoms with E-state index in [-0.39, 0.29) is 18.3 Å². The Morgan fingerprint density at radius 3 is 1.29 bits per heavy atom. The molecule has 0 N–H and O–H groups in total. The van der Waals surface area contributed by atoms with E-state index in [4.69, 9.17) is 9.31 Å². The highest BCUT2D eigenvalue weighted by Gasteiger charge is 2.61. The average molecular weight is 451 g/mol. The van der Waals surface area contributed by atoms with Crippen LogP contribution in [-0.4, -0.2) is 18.3 Å². The lowest BCUT2D eigenvalue weighted by molar-refractivity contribution is -0.0967. The van der Waals surface area contributed by atoms with E-state index < -0.39 is 0 Å². The van der Waals surface area contributed by atoms with E-state index in [1.54, 1.807) is 0 Å². The van der Waals surface area contributed by atoms with Crippen LogP contribution >= 0.6 is 15.9 Å². The molecule has 1 aromatic rings. The Kier molecular flexibility index (Phi) is 8.27. The highest BCUT2D eigenvalue weighted by atomic mass is 79.9. The zero-order chi connectivity index (χ0) is 21.1. The summed E-state index contributed by atoms with van der Waals surface area (Å²) in [6.45, 7) is 18.5. The van der Waals surface area contributed by atoms with Crippen molar-refractivity contribution in [2.75, 3.05) is 0 Å². The Morgan fingerprint density at radius 2 is 1.00 bits per heavy atom. The fourth-order valence-corrected chi connectivity index (χ4v) is 5.41. The SMILES string of the molecule is CC(C)CC1(CC(C)C)OB(c2ccc(Br)cc2)OC1(CC(C)C)CC(C)C. The molecular formula is C24H40BBrO2. The first-order chi connectivity index (χ1) is 13.0. The maximum absolute atomic E-state index is 6.98. The van der Waals surface area contributed by atoms with Crippen molar-refractivity contribution >= 4 is 28.5 Å². The Morgan fingerprint density at radius 1 is 0.679 bits per heavy atom. The number of halogens is 1. The molecule has 0 aliphatic carbocycles. The van der Waals surface area contributed by atoms with E-state index in [1.165, 1.54) is 0 Å². The fraction of sp³-hybridized carbons (Fsp3) is 0.750. The third-order valence-electron chi connectivity index (χ3n) is 5.59. The Labute approximate surface area is 182 Å². The molecule has 1 saturated heterocycles. The fourth-order valence-electron chi connectivity index (χ4n) is 5.15. The van der Waals surface area contributed by atoms with E-state index in [2.05, 4.69) is 95.6 Å². The lowest BCUT2D eigenvalue weighted by Crippen LogP contribution is -2.54. The highest BCUT2D eigenvalue weighted by Crippen LogP contribution is 2.52. The molecule has 2 nitrogen and oxygen atoms in total. The van der Waals surface area contributed by atoms with Crippen LogP contribution in [0.15, 0.2) is 28.7 Å². The molecule has 0 saturated carbocycles. The van der Waals surface area contributed by atoms with Gasteiger partial charge in [0, 0.05) is 4.47 Å². The molecule has 28 heavy (non-hydrogen) atoms. The molecule has 0 unspecified atom stereocenters. The first-order valence-electron chi connectivity index (χ1n) is 11.1. The van der Waals surface area contributed by atoms with E-state index >= 15 is 0 Å². The highest BCUT2D eigenvalue weighted by molar-refractivity contribution is 9.10. The molecule has 2 rings (SSSR count). The molecule has 4 heteroatoms. The molecule has 0 amide bonds. The van der Waals surface area contributed by atoms with Gasteiger partial charge in [0.05, 0.1) is 11.2 Å². The predicted octanol–water partition coefficient (Wildman–Crippen LogP) is 6.85. The summed E-state index contributed by atoms with van der Waals surface area (Å²) in [4.78, 5) is 0. The van der Waals surface area contributed by atoms with Crippen molar-refractivity contribution in [2.24, 2.45) is 23.7 Å². The molecule has 1 aliphatic rings. The Balaban J connectivity index is 2.56. The second-order valence-electron chi connectivity index (χ2n) is 10.5. The molecule has 0 radical (unpaired) electrons. The number of hydrogen-bond acceptors (Lipinski definition) is 2. The van der Waals surface area contributed by atoms with Gasteiger partial charge in [0.2, 0.25) is 0 Å². The van der Waals surface area contributed by atoms with Crippen molar-refractivity contribution in [1.29, 1.82) is 0 Å². The van der Waals surface area contributed by atoms with Gasteiger partial charge >= 0.3 is 7.12 Å². The topological polar surface area (TPSA) is 18.5 Å². The minimum absolute atomic E-state index is 0.248. The van der Waals surface area contributed by atoms with Crippen molar-refractivity contribution < 1.29 is 9.31 Å².